The molecule has 7 heteroatoms. The van der Waals surface area contributed by atoms with Crippen molar-refractivity contribution in [3.05, 3.63) is 24.3 Å². The predicted molar refractivity (Wildman–Crippen MR) is 80.5 cm³/mol. The van der Waals surface area contributed by atoms with Gasteiger partial charge in [-0.05, 0) is 31.5 Å². The summed E-state index contributed by atoms with van der Waals surface area (Å²) in [5.74, 6) is 0. The highest BCUT2D eigenvalue weighted by molar-refractivity contribution is 7.91. The predicted octanol–water partition coefficient (Wildman–Crippen LogP) is 1.67. The second-order valence-corrected chi connectivity index (χ2v) is 8.17. The fourth-order valence-corrected chi connectivity index (χ4v) is 5.20. The van der Waals surface area contributed by atoms with E-state index in [9.17, 15) is 8.42 Å². The highest BCUT2D eigenvalue weighted by Gasteiger charge is 2.31. The molecule has 1 saturated heterocycles. The molecule has 20 heavy (non-hydrogen) atoms. The van der Waals surface area contributed by atoms with E-state index in [1.807, 2.05) is 24.3 Å². The number of sulfonamides is 1. The van der Waals surface area contributed by atoms with Gasteiger partial charge >= 0.3 is 0 Å². The van der Waals surface area contributed by atoms with Gasteiger partial charge in [-0.1, -0.05) is 12.1 Å². The third-order valence-electron chi connectivity index (χ3n) is 3.66. The van der Waals surface area contributed by atoms with Crippen LogP contribution in [-0.4, -0.2) is 43.9 Å². The molecule has 108 valence electrons. The maximum atomic E-state index is 12.6. The number of nitrogens with zero attached hydrogens (tertiary/aromatic N) is 2. The van der Waals surface area contributed by atoms with Crippen LogP contribution < -0.4 is 5.32 Å². The Hall–Kier alpha value is -1.02. The number of piperidine rings is 1. The van der Waals surface area contributed by atoms with Crippen molar-refractivity contribution in [3.8, 4) is 0 Å². The van der Waals surface area contributed by atoms with Crippen LogP contribution in [0.3, 0.4) is 0 Å². The molecule has 5 nitrogen and oxygen atoms in total. The van der Waals surface area contributed by atoms with Crippen LogP contribution >= 0.6 is 11.3 Å². The number of hydrogen-bond acceptors (Lipinski definition) is 5. The van der Waals surface area contributed by atoms with Crippen LogP contribution in [0.15, 0.2) is 28.6 Å². The Balaban J connectivity index is 1.93. The van der Waals surface area contributed by atoms with Crippen molar-refractivity contribution in [1.29, 1.82) is 0 Å². The van der Waals surface area contributed by atoms with Crippen LogP contribution in [0.4, 0.5) is 0 Å². The monoisotopic (exact) mass is 311 g/mol. The number of likely N-dealkylation sites (N-methyl/N-ethyl adjacent to an activating group) is 1. The maximum absolute atomic E-state index is 12.6. The van der Waals surface area contributed by atoms with Crippen LogP contribution in [0, 0.1) is 0 Å². The van der Waals surface area contributed by atoms with Gasteiger partial charge in [0.25, 0.3) is 10.0 Å². The first-order chi connectivity index (χ1) is 9.59. The molecule has 0 amide bonds. The molecule has 1 aliphatic heterocycles. The fourth-order valence-electron chi connectivity index (χ4n) is 2.42. The van der Waals surface area contributed by atoms with E-state index in [-0.39, 0.29) is 10.4 Å². The lowest BCUT2D eigenvalue weighted by atomic mass is 10.1. The van der Waals surface area contributed by atoms with Crippen LogP contribution in [0.2, 0.25) is 0 Å². The number of rotatable bonds is 3. The summed E-state index contributed by atoms with van der Waals surface area (Å²) in [6, 6.07) is 7.51. The van der Waals surface area contributed by atoms with E-state index in [0.29, 0.717) is 6.54 Å². The molecule has 0 bridgehead atoms. The third-order valence-corrected chi connectivity index (χ3v) is 6.96. The Morgan fingerprint density at radius 1 is 1.40 bits per heavy atom. The summed E-state index contributed by atoms with van der Waals surface area (Å²) >= 11 is 1.24. The summed E-state index contributed by atoms with van der Waals surface area (Å²) in [7, 11) is -1.85. The number of para-hydroxylation sites is 1. The molecule has 0 radical (unpaired) electrons. The highest BCUT2D eigenvalue weighted by atomic mass is 32.2. The van der Waals surface area contributed by atoms with Gasteiger partial charge in [0.15, 0.2) is 0 Å². The molecular formula is C13H17N3O2S2. The summed E-state index contributed by atoms with van der Waals surface area (Å²) in [6.45, 7) is 1.67. The number of benzene rings is 1. The number of hydrogen-bond donors (Lipinski definition) is 1. The van der Waals surface area contributed by atoms with Crippen molar-refractivity contribution in [2.24, 2.45) is 0 Å². The van der Waals surface area contributed by atoms with Gasteiger partial charge in [0, 0.05) is 19.6 Å². The van der Waals surface area contributed by atoms with Crippen LogP contribution in [0.25, 0.3) is 10.2 Å². The quantitative estimate of drug-likeness (QED) is 0.936. The summed E-state index contributed by atoms with van der Waals surface area (Å²) in [6.07, 6.45) is 1.90. The molecule has 2 aromatic rings. The number of aromatic nitrogens is 1. The zero-order chi connectivity index (χ0) is 14.2. The van der Waals surface area contributed by atoms with Gasteiger partial charge in [0.1, 0.15) is 0 Å². The van der Waals surface area contributed by atoms with Crippen molar-refractivity contribution in [2.75, 3.05) is 20.1 Å². The molecule has 0 aliphatic carbocycles. The minimum atomic E-state index is -3.50. The maximum Gasteiger partial charge on any atom is 0.270 e. The van der Waals surface area contributed by atoms with Crippen molar-refractivity contribution in [1.82, 2.24) is 14.6 Å². The van der Waals surface area contributed by atoms with Gasteiger partial charge in [-0.25, -0.2) is 13.4 Å². The zero-order valence-corrected chi connectivity index (χ0v) is 12.9. The van der Waals surface area contributed by atoms with E-state index < -0.39 is 10.0 Å². The molecule has 0 unspecified atom stereocenters. The van der Waals surface area contributed by atoms with Crippen molar-refractivity contribution >= 4 is 31.6 Å². The second-order valence-electron chi connectivity index (χ2n) is 4.97. The lowest BCUT2D eigenvalue weighted by Gasteiger charge is -2.30. The van der Waals surface area contributed by atoms with Crippen LogP contribution in [0.5, 0.6) is 0 Å². The Morgan fingerprint density at radius 3 is 2.90 bits per heavy atom. The zero-order valence-electron chi connectivity index (χ0n) is 11.2. The Labute approximate surface area is 122 Å². The van der Waals surface area contributed by atoms with Gasteiger partial charge < -0.3 is 5.32 Å². The third kappa shape index (κ3) is 2.46. The summed E-state index contributed by atoms with van der Waals surface area (Å²) < 4.78 is 27.9. The second kappa shape index (κ2) is 5.40. The molecule has 0 spiro atoms. The van der Waals surface area contributed by atoms with Crippen LogP contribution in [-0.2, 0) is 10.0 Å². The van der Waals surface area contributed by atoms with E-state index in [1.54, 1.807) is 7.05 Å². The average Bonchev–Trinajstić information content (AvgIpc) is 2.92. The molecule has 1 aromatic carbocycles. The molecular weight excluding hydrogens is 294 g/mol. The Kier molecular flexibility index (Phi) is 3.76. The Bertz CT molecular complexity index is 672. The first-order valence-electron chi connectivity index (χ1n) is 6.63. The number of fused-ring (bicyclic) bond motifs is 1. The van der Waals surface area contributed by atoms with E-state index in [1.165, 1.54) is 15.6 Å². The normalized spacial score (nSPS) is 20.6. The average molecular weight is 311 g/mol. The summed E-state index contributed by atoms with van der Waals surface area (Å²) in [5.41, 5.74) is 0.742. The molecule has 3 rings (SSSR count). The van der Waals surface area contributed by atoms with Crippen molar-refractivity contribution in [3.63, 3.8) is 0 Å². The van der Waals surface area contributed by atoms with Crippen LogP contribution in [0.1, 0.15) is 12.8 Å². The van der Waals surface area contributed by atoms with E-state index in [0.717, 1.165) is 29.6 Å². The molecule has 1 fully saturated rings. The van der Waals surface area contributed by atoms with Gasteiger partial charge in [-0.2, -0.15) is 4.31 Å². The first-order valence-corrected chi connectivity index (χ1v) is 8.89. The smallest absolute Gasteiger partial charge is 0.270 e. The lowest BCUT2D eigenvalue weighted by molar-refractivity contribution is 0.300. The number of nitrogens with one attached hydrogen (secondary N) is 1. The standard InChI is InChI=1S/C13H17N3O2S2/c1-16(10-5-4-8-14-9-10)20(17,18)13-15-11-6-2-3-7-12(11)19-13/h2-3,6-7,10,14H,4-5,8-9H2,1H3/t10-/m1/s1. The van der Waals surface area contributed by atoms with E-state index in [2.05, 4.69) is 10.3 Å². The minimum absolute atomic E-state index is 0.0146. The lowest BCUT2D eigenvalue weighted by Crippen LogP contribution is -2.46. The Morgan fingerprint density at radius 2 is 2.20 bits per heavy atom. The minimum Gasteiger partial charge on any atom is -0.315 e. The highest BCUT2D eigenvalue weighted by Crippen LogP contribution is 2.28. The van der Waals surface area contributed by atoms with Gasteiger partial charge in [0.05, 0.1) is 10.2 Å². The van der Waals surface area contributed by atoms with Gasteiger partial charge in [-0.15, -0.1) is 11.3 Å². The summed E-state index contributed by atoms with van der Waals surface area (Å²) in [5, 5.41) is 3.24. The summed E-state index contributed by atoms with van der Waals surface area (Å²) in [4.78, 5) is 4.27. The molecule has 1 aromatic heterocycles. The largest absolute Gasteiger partial charge is 0.315 e. The van der Waals surface area contributed by atoms with Crippen molar-refractivity contribution < 1.29 is 8.42 Å². The molecule has 0 saturated carbocycles. The molecule has 1 N–H and O–H groups in total. The SMILES string of the molecule is CN([C@@H]1CCCNC1)S(=O)(=O)c1nc2ccccc2s1. The fraction of sp³-hybridized carbons (Fsp3) is 0.462. The van der Waals surface area contributed by atoms with Crippen molar-refractivity contribution in [2.45, 2.75) is 23.2 Å². The number of thiazole rings is 1. The first kappa shape index (κ1) is 13.9. The van der Waals surface area contributed by atoms with E-state index in [4.69, 9.17) is 0 Å². The van der Waals surface area contributed by atoms with Gasteiger partial charge in [0.2, 0.25) is 4.34 Å². The molecule has 1 atom stereocenters. The topological polar surface area (TPSA) is 62.3 Å². The van der Waals surface area contributed by atoms with Gasteiger partial charge in [-0.3, -0.25) is 0 Å². The van der Waals surface area contributed by atoms with E-state index >= 15 is 0 Å². The molecule has 1 aliphatic rings. The molecule has 2 heterocycles.